The Bertz CT molecular complexity index is 1230. The van der Waals surface area contributed by atoms with Crippen LogP contribution in [0.2, 0.25) is 0 Å². The molecule has 5 rings (SSSR count). The van der Waals surface area contributed by atoms with Crippen molar-refractivity contribution in [1.29, 1.82) is 0 Å². The Hall–Kier alpha value is -3.71. The molecular weight excluding hydrogens is 466 g/mol. The molecule has 7 heteroatoms. The fourth-order valence-electron chi connectivity index (χ4n) is 6.01. The molecule has 2 fully saturated rings. The molecule has 2 amide bonds. The zero-order valence-electron chi connectivity index (χ0n) is 21.7. The van der Waals surface area contributed by atoms with Crippen LogP contribution in [0.15, 0.2) is 72.8 Å². The predicted molar refractivity (Wildman–Crippen MR) is 145 cm³/mol. The van der Waals surface area contributed by atoms with Crippen molar-refractivity contribution in [1.82, 2.24) is 10.2 Å². The molecule has 3 aromatic carbocycles. The highest BCUT2D eigenvalue weighted by atomic mass is 16.5. The van der Waals surface area contributed by atoms with E-state index in [-0.39, 0.29) is 17.5 Å². The molecule has 1 heterocycles. The van der Waals surface area contributed by atoms with Gasteiger partial charge in [-0.05, 0) is 81.2 Å². The zero-order chi connectivity index (χ0) is 25.8. The van der Waals surface area contributed by atoms with Gasteiger partial charge in [0, 0.05) is 29.3 Å². The van der Waals surface area contributed by atoms with Crippen LogP contribution in [0.25, 0.3) is 0 Å². The zero-order valence-corrected chi connectivity index (χ0v) is 21.7. The summed E-state index contributed by atoms with van der Waals surface area (Å²) < 4.78 is 17.0. The maximum Gasteiger partial charge on any atom is 0.319 e. The lowest BCUT2D eigenvalue weighted by Gasteiger charge is -2.45. The van der Waals surface area contributed by atoms with Crippen molar-refractivity contribution in [2.45, 2.75) is 43.2 Å². The molecule has 37 heavy (non-hydrogen) atoms. The van der Waals surface area contributed by atoms with E-state index >= 15 is 0 Å². The average molecular weight is 502 g/mol. The van der Waals surface area contributed by atoms with Crippen LogP contribution in [-0.2, 0) is 5.41 Å². The molecule has 1 saturated heterocycles. The topological polar surface area (TPSA) is 72.1 Å². The number of ether oxygens (including phenoxy) is 3. The summed E-state index contributed by atoms with van der Waals surface area (Å²) in [6, 6.07) is 23.6. The van der Waals surface area contributed by atoms with E-state index in [0.29, 0.717) is 17.5 Å². The minimum atomic E-state index is -0.193. The molecule has 3 atom stereocenters. The number of hydrogen-bond donors (Lipinski definition) is 2. The van der Waals surface area contributed by atoms with Gasteiger partial charge in [0.05, 0.1) is 14.2 Å². The predicted octanol–water partition coefficient (Wildman–Crippen LogP) is 5.81. The third kappa shape index (κ3) is 5.23. The van der Waals surface area contributed by atoms with Crippen LogP contribution in [0.3, 0.4) is 0 Å². The van der Waals surface area contributed by atoms with Crippen molar-refractivity contribution in [3.05, 3.63) is 78.4 Å². The fraction of sp³-hybridized carbons (Fsp3) is 0.367. The summed E-state index contributed by atoms with van der Waals surface area (Å²) in [6.07, 6.45) is 3.91. The SMILES string of the molecule is COc1ccc([C@@]23CC[C@@H](NC(=O)Nc4cccc(Oc5ccccc5)c4)C[C@@H]2N(C)CC3)cc1OC. The van der Waals surface area contributed by atoms with E-state index in [2.05, 4.69) is 34.7 Å². The summed E-state index contributed by atoms with van der Waals surface area (Å²) in [6.45, 7) is 1.03. The Morgan fingerprint density at radius 2 is 1.70 bits per heavy atom. The number of benzene rings is 3. The van der Waals surface area contributed by atoms with Gasteiger partial charge in [-0.1, -0.05) is 30.3 Å². The second-order valence-corrected chi connectivity index (χ2v) is 9.99. The number of para-hydroxylation sites is 1. The molecule has 194 valence electrons. The molecule has 2 N–H and O–H groups in total. The van der Waals surface area contributed by atoms with Crippen molar-refractivity contribution in [3.8, 4) is 23.0 Å². The molecular formula is C30H35N3O4. The van der Waals surface area contributed by atoms with E-state index in [1.807, 2.05) is 60.7 Å². The Balaban J connectivity index is 1.24. The van der Waals surface area contributed by atoms with Gasteiger partial charge in [0.2, 0.25) is 0 Å². The van der Waals surface area contributed by atoms with E-state index in [1.54, 1.807) is 14.2 Å². The van der Waals surface area contributed by atoms with E-state index in [9.17, 15) is 4.79 Å². The monoisotopic (exact) mass is 501 g/mol. The lowest BCUT2D eigenvalue weighted by molar-refractivity contribution is 0.156. The van der Waals surface area contributed by atoms with Gasteiger partial charge in [-0.2, -0.15) is 0 Å². The molecule has 3 aromatic rings. The summed E-state index contributed by atoms with van der Waals surface area (Å²) in [7, 11) is 5.53. The molecule has 1 aliphatic carbocycles. The molecule has 1 aliphatic heterocycles. The van der Waals surface area contributed by atoms with Gasteiger partial charge in [-0.3, -0.25) is 0 Å². The quantitative estimate of drug-likeness (QED) is 0.427. The molecule has 2 aliphatic rings. The number of anilines is 1. The summed E-state index contributed by atoms with van der Waals surface area (Å²) in [4.78, 5) is 15.4. The average Bonchev–Trinajstić information content (AvgIpc) is 3.25. The molecule has 0 unspecified atom stereocenters. The molecule has 0 aromatic heterocycles. The van der Waals surface area contributed by atoms with Crippen LogP contribution in [0.1, 0.15) is 31.2 Å². The Labute approximate surface area is 218 Å². The summed E-state index contributed by atoms with van der Waals surface area (Å²) >= 11 is 0. The number of nitrogens with one attached hydrogen (secondary N) is 2. The highest BCUT2D eigenvalue weighted by Crippen LogP contribution is 2.49. The smallest absolute Gasteiger partial charge is 0.319 e. The lowest BCUT2D eigenvalue weighted by Crippen LogP contribution is -2.52. The van der Waals surface area contributed by atoms with E-state index < -0.39 is 0 Å². The third-order valence-electron chi connectivity index (χ3n) is 7.89. The standard InChI is InChI=1S/C30H35N3O4/c1-33-17-16-30(21-12-13-26(35-2)27(18-21)36-3)15-14-23(20-28(30)33)32-29(34)31-22-8-7-11-25(19-22)37-24-9-5-4-6-10-24/h4-13,18-19,23,28H,14-17,20H2,1-3H3,(H2,31,32,34)/t23-,28+,30+/m1/s1. The number of amides is 2. The number of carbonyl (C=O) groups excluding carboxylic acids is 1. The number of methoxy groups -OCH3 is 2. The number of nitrogens with zero attached hydrogens (tertiary/aromatic N) is 1. The van der Waals surface area contributed by atoms with E-state index in [4.69, 9.17) is 14.2 Å². The second kappa shape index (κ2) is 10.7. The number of urea groups is 1. The van der Waals surface area contributed by atoms with Crippen LogP contribution in [0.5, 0.6) is 23.0 Å². The molecule has 0 radical (unpaired) electrons. The van der Waals surface area contributed by atoms with Gasteiger partial charge < -0.3 is 29.7 Å². The number of rotatable bonds is 7. The Morgan fingerprint density at radius 1 is 0.919 bits per heavy atom. The van der Waals surface area contributed by atoms with Crippen LogP contribution in [-0.4, -0.2) is 50.8 Å². The van der Waals surface area contributed by atoms with E-state index in [1.165, 1.54) is 5.56 Å². The van der Waals surface area contributed by atoms with Gasteiger partial charge in [0.15, 0.2) is 11.5 Å². The van der Waals surface area contributed by atoms with Crippen molar-refractivity contribution in [2.24, 2.45) is 0 Å². The third-order valence-corrected chi connectivity index (χ3v) is 7.89. The Kier molecular flexibility index (Phi) is 7.24. The van der Waals surface area contributed by atoms with Crippen molar-refractivity contribution in [2.75, 3.05) is 33.1 Å². The normalized spacial score (nSPS) is 23.1. The van der Waals surface area contributed by atoms with Crippen LogP contribution >= 0.6 is 0 Å². The summed E-state index contributed by atoms with van der Waals surface area (Å²) in [5.74, 6) is 2.94. The lowest BCUT2D eigenvalue weighted by atomic mass is 9.65. The van der Waals surface area contributed by atoms with Crippen LogP contribution in [0, 0.1) is 0 Å². The summed E-state index contributed by atoms with van der Waals surface area (Å²) in [5, 5.41) is 6.20. The number of likely N-dealkylation sites (N-methyl/N-ethyl adjacent to an activating group) is 1. The molecule has 1 saturated carbocycles. The second-order valence-electron chi connectivity index (χ2n) is 9.99. The van der Waals surface area contributed by atoms with Crippen molar-refractivity contribution < 1.29 is 19.0 Å². The van der Waals surface area contributed by atoms with Gasteiger partial charge >= 0.3 is 6.03 Å². The first-order valence-electron chi connectivity index (χ1n) is 12.8. The van der Waals surface area contributed by atoms with Gasteiger partial charge in [-0.15, -0.1) is 0 Å². The van der Waals surface area contributed by atoms with Gasteiger partial charge in [0.1, 0.15) is 11.5 Å². The number of fused-ring (bicyclic) bond motifs is 1. The fourth-order valence-corrected chi connectivity index (χ4v) is 6.01. The molecule has 7 nitrogen and oxygen atoms in total. The van der Waals surface area contributed by atoms with Crippen molar-refractivity contribution >= 4 is 11.7 Å². The first kappa shape index (κ1) is 25.0. The minimum absolute atomic E-state index is 0.0477. The highest BCUT2D eigenvalue weighted by molar-refractivity contribution is 5.89. The highest BCUT2D eigenvalue weighted by Gasteiger charge is 2.50. The van der Waals surface area contributed by atoms with E-state index in [0.717, 1.165) is 49.5 Å². The maximum atomic E-state index is 12.9. The van der Waals surface area contributed by atoms with Crippen molar-refractivity contribution in [3.63, 3.8) is 0 Å². The first-order valence-corrected chi connectivity index (χ1v) is 12.8. The maximum absolute atomic E-state index is 12.9. The number of hydrogen-bond acceptors (Lipinski definition) is 5. The number of likely N-dealkylation sites (tertiary alicyclic amines) is 1. The van der Waals surface area contributed by atoms with Crippen LogP contribution in [0.4, 0.5) is 10.5 Å². The first-order chi connectivity index (χ1) is 18.0. The molecule has 0 bridgehead atoms. The number of carbonyl (C=O) groups is 1. The minimum Gasteiger partial charge on any atom is -0.493 e. The Morgan fingerprint density at radius 3 is 2.49 bits per heavy atom. The summed E-state index contributed by atoms with van der Waals surface area (Å²) in [5.41, 5.74) is 2.03. The van der Waals surface area contributed by atoms with Gasteiger partial charge in [0.25, 0.3) is 0 Å². The molecule has 0 spiro atoms. The van der Waals surface area contributed by atoms with Crippen LogP contribution < -0.4 is 24.8 Å². The largest absolute Gasteiger partial charge is 0.493 e. The van der Waals surface area contributed by atoms with Gasteiger partial charge in [-0.25, -0.2) is 4.79 Å².